The number of piperidine rings is 1. The molecule has 0 aromatic heterocycles. The van der Waals surface area contributed by atoms with Crippen molar-refractivity contribution >= 4 is 11.5 Å². The van der Waals surface area contributed by atoms with Crippen LogP contribution in [0.15, 0.2) is 24.3 Å². The lowest BCUT2D eigenvalue weighted by Gasteiger charge is -2.34. The molecule has 0 radical (unpaired) electrons. The van der Waals surface area contributed by atoms with E-state index in [1.807, 2.05) is 18.2 Å². The molecule has 1 aromatic rings. The lowest BCUT2D eigenvalue weighted by molar-refractivity contribution is 0.0979. The van der Waals surface area contributed by atoms with Crippen LogP contribution in [0, 0.1) is 0 Å². The summed E-state index contributed by atoms with van der Waals surface area (Å²) in [5.41, 5.74) is 2.04. The second kappa shape index (κ2) is 5.74. The molecule has 1 aromatic carbocycles. The summed E-state index contributed by atoms with van der Waals surface area (Å²) in [5.74, 6) is 0.296. The number of nitrogens with zero attached hydrogens (tertiary/aromatic N) is 2. The van der Waals surface area contributed by atoms with Crippen molar-refractivity contribution in [3.05, 3.63) is 29.8 Å². The van der Waals surface area contributed by atoms with Gasteiger partial charge in [-0.3, -0.25) is 4.79 Å². The summed E-state index contributed by atoms with van der Waals surface area (Å²) < 4.78 is 0. The highest BCUT2D eigenvalue weighted by Crippen LogP contribution is 2.26. The summed E-state index contributed by atoms with van der Waals surface area (Å²) in [6.07, 6.45) is 4.73. The number of likely N-dealkylation sites (tertiary alicyclic amines) is 1. The van der Waals surface area contributed by atoms with E-state index in [-0.39, 0.29) is 0 Å². The quantitative estimate of drug-likeness (QED) is 0.832. The zero-order chi connectivity index (χ0) is 13.1. The first-order valence-corrected chi connectivity index (χ1v) is 7.44. The van der Waals surface area contributed by atoms with E-state index in [2.05, 4.69) is 15.9 Å². The Morgan fingerprint density at radius 2 is 1.74 bits per heavy atom. The van der Waals surface area contributed by atoms with Crippen LogP contribution in [0.25, 0.3) is 0 Å². The number of benzene rings is 1. The van der Waals surface area contributed by atoms with E-state index in [0.29, 0.717) is 12.2 Å². The van der Waals surface area contributed by atoms with E-state index in [9.17, 15) is 4.79 Å². The zero-order valence-corrected chi connectivity index (χ0v) is 11.5. The number of rotatable bonds is 3. The first-order chi connectivity index (χ1) is 9.34. The van der Waals surface area contributed by atoms with Crippen LogP contribution in [0.5, 0.6) is 0 Å². The predicted octanol–water partition coefficient (Wildman–Crippen LogP) is 2.57. The van der Waals surface area contributed by atoms with Gasteiger partial charge in [-0.2, -0.15) is 0 Å². The number of anilines is 1. The third kappa shape index (κ3) is 2.81. The fourth-order valence-corrected chi connectivity index (χ4v) is 3.15. The number of fused-ring (bicyclic) bond motifs is 1. The van der Waals surface area contributed by atoms with Gasteiger partial charge in [-0.15, -0.1) is 0 Å². The van der Waals surface area contributed by atoms with Crippen LogP contribution >= 0.6 is 0 Å². The molecule has 1 fully saturated rings. The number of para-hydroxylation sites is 1. The van der Waals surface area contributed by atoms with Crippen LogP contribution < -0.4 is 4.90 Å². The molecule has 1 saturated heterocycles. The van der Waals surface area contributed by atoms with Crippen molar-refractivity contribution in [2.75, 3.05) is 37.6 Å². The second-order valence-corrected chi connectivity index (χ2v) is 5.58. The first kappa shape index (κ1) is 12.7. The molecule has 0 amide bonds. The van der Waals surface area contributed by atoms with Gasteiger partial charge >= 0.3 is 0 Å². The Kier molecular flexibility index (Phi) is 3.83. The van der Waals surface area contributed by atoms with E-state index in [1.54, 1.807) is 0 Å². The topological polar surface area (TPSA) is 23.6 Å². The summed E-state index contributed by atoms with van der Waals surface area (Å²) in [4.78, 5) is 16.8. The molecule has 0 atom stereocenters. The number of carbonyl (C=O) groups is 1. The van der Waals surface area contributed by atoms with E-state index in [0.717, 1.165) is 30.9 Å². The second-order valence-electron chi connectivity index (χ2n) is 5.58. The maximum Gasteiger partial charge on any atom is 0.166 e. The highest BCUT2D eigenvalue weighted by Gasteiger charge is 2.22. The summed E-state index contributed by atoms with van der Waals surface area (Å²) in [6, 6.07) is 8.05. The molecular weight excluding hydrogens is 236 g/mol. The summed E-state index contributed by atoms with van der Waals surface area (Å²) in [5, 5.41) is 0. The number of Topliss-reactive ketones (excluding diaryl/α,β-unsaturated/α-hetero) is 1. The predicted molar refractivity (Wildman–Crippen MR) is 77.9 cm³/mol. The van der Waals surface area contributed by atoms with Crippen molar-refractivity contribution in [1.29, 1.82) is 0 Å². The maximum absolute atomic E-state index is 11.9. The number of ketones is 1. The Bertz CT molecular complexity index is 452. The zero-order valence-electron chi connectivity index (χ0n) is 11.5. The Morgan fingerprint density at radius 3 is 2.58 bits per heavy atom. The molecule has 2 aliphatic heterocycles. The average molecular weight is 258 g/mol. The Balaban J connectivity index is 1.65. The van der Waals surface area contributed by atoms with Crippen LogP contribution in [-0.2, 0) is 0 Å². The molecule has 102 valence electrons. The van der Waals surface area contributed by atoms with Crippen molar-refractivity contribution in [2.45, 2.75) is 25.7 Å². The molecule has 2 aliphatic rings. The number of hydrogen-bond donors (Lipinski definition) is 0. The molecule has 0 saturated carbocycles. The summed E-state index contributed by atoms with van der Waals surface area (Å²) >= 11 is 0. The van der Waals surface area contributed by atoms with Crippen LogP contribution in [0.4, 0.5) is 5.69 Å². The lowest BCUT2D eigenvalue weighted by Crippen LogP contribution is -2.40. The van der Waals surface area contributed by atoms with Gasteiger partial charge in [0.15, 0.2) is 5.78 Å². The Hall–Kier alpha value is -1.35. The van der Waals surface area contributed by atoms with Gasteiger partial charge in [0.25, 0.3) is 0 Å². The molecule has 0 N–H and O–H groups in total. The van der Waals surface area contributed by atoms with Gasteiger partial charge in [-0.25, -0.2) is 0 Å². The Labute approximate surface area is 115 Å². The molecule has 0 bridgehead atoms. The van der Waals surface area contributed by atoms with Gasteiger partial charge in [0.2, 0.25) is 0 Å². The van der Waals surface area contributed by atoms with Crippen molar-refractivity contribution < 1.29 is 4.79 Å². The summed E-state index contributed by atoms with van der Waals surface area (Å²) in [6.45, 7) is 5.54. The molecule has 0 spiro atoms. The molecule has 0 unspecified atom stereocenters. The van der Waals surface area contributed by atoms with Crippen LogP contribution in [0.3, 0.4) is 0 Å². The average Bonchev–Trinajstić information content (AvgIpc) is 2.48. The normalized spacial score (nSPS) is 20.4. The van der Waals surface area contributed by atoms with E-state index >= 15 is 0 Å². The Morgan fingerprint density at radius 1 is 0.947 bits per heavy atom. The maximum atomic E-state index is 11.9. The minimum Gasteiger partial charge on any atom is -0.369 e. The van der Waals surface area contributed by atoms with E-state index in [4.69, 9.17) is 0 Å². The summed E-state index contributed by atoms with van der Waals surface area (Å²) in [7, 11) is 0. The minimum atomic E-state index is 0.296. The van der Waals surface area contributed by atoms with E-state index in [1.165, 1.54) is 32.4 Å². The van der Waals surface area contributed by atoms with Gasteiger partial charge in [0.05, 0.1) is 0 Å². The molecule has 2 heterocycles. The van der Waals surface area contributed by atoms with Gasteiger partial charge in [0.1, 0.15) is 0 Å². The number of hydrogen-bond acceptors (Lipinski definition) is 3. The third-order valence-corrected chi connectivity index (χ3v) is 4.29. The molecule has 3 heteroatoms. The van der Waals surface area contributed by atoms with Gasteiger partial charge in [-0.05, 0) is 38.1 Å². The lowest BCUT2D eigenvalue weighted by atomic mass is 10.0. The molecule has 19 heavy (non-hydrogen) atoms. The van der Waals surface area contributed by atoms with Gasteiger partial charge in [0, 0.05) is 37.3 Å². The molecule has 3 rings (SSSR count). The highest BCUT2D eigenvalue weighted by molar-refractivity contribution is 6.03. The first-order valence-electron chi connectivity index (χ1n) is 7.44. The monoisotopic (exact) mass is 258 g/mol. The minimum absolute atomic E-state index is 0.296. The highest BCUT2D eigenvalue weighted by atomic mass is 16.1. The fourth-order valence-electron chi connectivity index (χ4n) is 3.15. The third-order valence-electron chi connectivity index (χ3n) is 4.29. The number of carbonyl (C=O) groups excluding carboxylic acids is 1. The standard InChI is InChI=1S/C16H22N2O/c19-16-8-11-18(15-7-3-2-6-14(15)16)13-12-17-9-4-1-5-10-17/h2-3,6-7H,1,4-5,8-13H2. The molecular formula is C16H22N2O. The van der Waals surface area contributed by atoms with E-state index < -0.39 is 0 Å². The SMILES string of the molecule is O=C1CCN(CCN2CCCCC2)c2ccccc21. The van der Waals surface area contributed by atoms with Crippen LogP contribution in [0.1, 0.15) is 36.0 Å². The van der Waals surface area contributed by atoms with Gasteiger partial charge < -0.3 is 9.80 Å². The van der Waals surface area contributed by atoms with Crippen molar-refractivity contribution in [2.24, 2.45) is 0 Å². The van der Waals surface area contributed by atoms with Crippen molar-refractivity contribution in [3.63, 3.8) is 0 Å². The molecule has 0 aliphatic carbocycles. The van der Waals surface area contributed by atoms with Crippen molar-refractivity contribution in [1.82, 2.24) is 4.90 Å². The largest absolute Gasteiger partial charge is 0.369 e. The van der Waals surface area contributed by atoms with Crippen LogP contribution in [0.2, 0.25) is 0 Å². The van der Waals surface area contributed by atoms with Crippen LogP contribution in [-0.4, -0.2) is 43.4 Å². The van der Waals surface area contributed by atoms with Crippen molar-refractivity contribution in [3.8, 4) is 0 Å². The smallest absolute Gasteiger partial charge is 0.166 e. The van der Waals surface area contributed by atoms with Gasteiger partial charge in [-0.1, -0.05) is 18.6 Å². The molecule has 3 nitrogen and oxygen atoms in total. The fraction of sp³-hybridized carbons (Fsp3) is 0.562.